The summed E-state index contributed by atoms with van der Waals surface area (Å²) in [4.78, 5) is 32.0. The Balaban J connectivity index is 1.21. The quantitative estimate of drug-likeness (QED) is 0.245. The number of carbonyl (C=O) groups excluding carboxylic acids is 2. The average Bonchev–Trinajstić information content (AvgIpc) is 3.46. The predicted octanol–water partition coefficient (Wildman–Crippen LogP) is 5.68. The number of thiazole rings is 1. The van der Waals surface area contributed by atoms with Crippen LogP contribution in [0.2, 0.25) is 0 Å². The smallest absolute Gasteiger partial charge is 0.416 e. The summed E-state index contributed by atoms with van der Waals surface area (Å²) in [5.74, 6) is 0.133. The van der Waals surface area contributed by atoms with Crippen molar-refractivity contribution in [3.8, 4) is 10.6 Å². The third kappa shape index (κ3) is 7.25. The van der Waals surface area contributed by atoms with Gasteiger partial charge in [-0.2, -0.15) is 18.3 Å². The Labute approximate surface area is 249 Å². The molecule has 1 saturated heterocycles. The molecule has 0 saturated carbocycles. The molecule has 1 fully saturated rings. The number of halogens is 3. The van der Waals surface area contributed by atoms with Crippen molar-refractivity contribution in [2.75, 3.05) is 29.0 Å². The zero-order chi connectivity index (χ0) is 30.6. The molecular formula is C29H30F3N7O3S. The third-order valence-corrected chi connectivity index (χ3v) is 7.98. The molecule has 4 N–H and O–H groups in total. The first kappa shape index (κ1) is 29.9. The molecule has 43 heavy (non-hydrogen) atoms. The maximum Gasteiger partial charge on any atom is 0.416 e. The second-order valence-corrected chi connectivity index (χ2v) is 11.1. The van der Waals surface area contributed by atoms with Gasteiger partial charge in [-0.1, -0.05) is 53.8 Å². The highest BCUT2D eigenvalue weighted by Crippen LogP contribution is 2.35. The molecule has 14 heteroatoms. The lowest BCUT2D eigenvalue weighted by Crippen LogP contribution is -2.36. The maximum atomic E-state index is 13.2. The third-order valence-electron chi connectivity index (χ3n) is 7.05. The molecular weight excluding hydrogens is 583 g/mol. The van der Waals surface area contributed by atoms with Gasteiger partial charge in [-0.15, -0.1) is 0 Å². The summed E-state index contributed by atoms with van der Waals surface area (Å²) in [6, 6.07) is 13.9. The van der Waals surface area contributed by atoms with Crippen molar-refractivity contribution in [2.45, 2.75) is 38.1 Å². The summed E-state index contributed by atoms with van der Waals surface area (Å²) in [6.45, 7) is 1.47. The van der Waals surface area contributed by atoms with Gasteiger partial charge in [0.2, 0.25) is 0 Å². The number of nitrogen functional groups attached to an aromatic ring is 1. The molecule has 5 rings (SSSR count). The van der Waals surface area contributed by atoms with Gasteiger partial charge in [0.1, 0.15) is 22.3 Å². The summed E-state index contributed by atoms with van der Waals surface area (Å²) in [5.41, 5.74) is 7.08. The van der Waals surface area contributed by atoms with E-state index in [0.29, 0.717) is 41.6 Å². The van der Waals surface area contributed by atoms with Gasteiger partial charge >= 0.3 is 12.3 Å². The van der Waals surface area contributed by atoms with Crippen LogP contribution in [0.25, 0.3) is 10.6 Å². The molecule has 3 heterocycles. The summed E-state index contributed by atoms with van der Waals surface area (Å²) in [5, 5.41) is 10.6. The van der Waals surface area contributed by atoms with Crippen molar-refractivity contribution >= 4 is 39.8 Å². The van der Waals surface area contributed by atoms with E-state index in [2.05, 4.69) is 25.6 Å². The van der Waals surface area contributed by atoms with E-state index in [1.54, 1.807) is 11.7 Å². The van der Waals surface area contributed by atoms with Crippen LogP contribution in [0, 0.1) is 0 Å². The van der Waals surface area contributed by atoms with Crippen molar-refractivity contribution < 1.29 is 27.5 Å². The Bertz CT molecular complexity index is 1570. The first-order valence-electron chi connectivity index (χ1n) is 13.6. The molecule has 1 aliphatic heterocycles. The van der Waals surface area contributed by atoms with E-state index in [4.69, 9.17) is 10.5 Å². The number of ether oxygens (including phenoxy) is 1. The summed E-state index contributed by atoms with van der Waals surface area (Å²) < 4.78 is 45.8. The summed E-state index contributed by atoms with van der Waals surface area (Å²) in [7, 11) is 1.77. The van der Waals surface area contributed by atoms with E-state index in [9.17, 15) is 22.8 Å². The van der Waals surface area contributed by atoms with E-state index in [1.807, 2.05) is 30.3 Å². The predicted molar refractivity (Wildman–Crippen MR) is 158 cm³/mol. The Morgan fingerprint density at radius 1 is 1.09 bits per heavy atom. The van der Waals surface area contributed by atoms with Gasteiger partial charge in [-0.25, -0.2) is 9.78 Å². The van der Waals surface area contributed by atoms with Gasteiger partial charge in [-0.05, 0) is 37.0 Å². The first-order valence-corrected chi connectivity index (χ1v) is 14.4. The second kappa shape index (κ2) is 12.7. The molecule has 1 aliphatic rings. The Morgan fingerprint density at radius 2 is 1.84 bits per heavy atom. The topological polar surface area (TPSA) is 127 Å². The molecule has 4 aromatic rings. The number of carbonyl (C=O) groups is 2. The molecule has 2 aromatic carbocycles. The number of nitrogens with zero attached hydrogens (tertiary/aromatic N) is 4. The lowest BCUT2D eigenvalue weighted by Gasteiger charge is -2.24. The van der Waals surface area contributed by atoms with Crippen LogP contribution >= 0.6 is 11.3 Å². The van der Waals surface area contributed by atoms with E-state index in [0.717, 1.165) is 41.9 Å². The standard InChI is InChI=1S/C29H30F3N7O3S/c1-38-27(39-14-5-8-21(13-15-39)35-28(41)42-17-18-6-3-2-4-7-18)22(16-34-38)36-25(40)23-24(33)43-26(37-23)19-9-11-20(12-10-19)29(30,31)32/h2-4,6-7,9-12,16,21H,5,8,13-15,17,33H2,1H3,(H,35,41)(H,36,40)/t21-/m1/s1. The number of hydrogen-bond acceptors (Lipinski definition) is 8. The van der Waals surface area contributed by atoms with Gasteiger partial charge in [-0.3, -0.25) is 9.48 Å². The van der Waals surface area contributed by atoms with Crippen molar-refractivity contribution in [1.29, 1.82) is 0 Å². The lowest BCUT2D eigenvalue weighted by molar-refractivity contribution is -0.137. The zero-order valence-corrected chi connectivity index (χ0v) is 24.0. The normalized spacial score (nSPS) is 15.5. The first-order chi connectivity index (χ1) is 20.6. The number of benzene rings is 2. The van der Waals surface area contributed by atoms with Crippen LogP contribution in [-0.4, -0.2) is 45.9 Å². The highest BCUT2D eigenvalue weighted by atomic mass is 32.1. The molecule has 10 nitrogen and oxygen atoms in total. The molecule has 0 unspecified atom stereocenters. The van der Waals surface area contributed by atoms with Crippen LogP contribution in [0.1, 0.15) is 40.9 Å². The molecule has 0 bridgehead atoms. The van der Waals surface area contributed by atoms with Gasteiger partial charge < -0.3 is 26.0 Å². The molecule has 2 aromatic heterocycles. The molecule has 2 amide bonds. The average molecular weight is 614 g/mol. The molecule has 0 spiro atoms. The molecule has 226 valence electrons. The largest absolute Gasteiger partial charge is 0.445 e. The minimum absolute atomic E-state index is 0.0242. The number of nitrogens with one attached hydrogen (secondary N) is 2. The Kier molecular flexibility index (Phi) is 8.85. The van der Waals surface area contributed by atoms with E-state index >= 15 is 0 Å². The van der Waals surface area contributed by atoms with Crippen molar-refractivity contribution in [1.82, 2.24) is 20.1 Å². The number of amides is 2. The second-order valence-electron chi connectivity index (χ2n) is 10.1. The Hall–Kier alpha value is -4.59. The van der Waals surface area contributed by atoms with Crippen molar-refractivity contribution in [3.63, 3.8) is 0 Å². The van der Waals surface area contributed by atoms with Gasteiger partial charge in [0.05, 0.1) is 11.8 Å². The number of aryl methyl sites for hydroxylation is 1. The highest BCUT2D eigenvalue weighted by Gasteiger charge is 2.30. The van der Waals surface area contributed by atoms with Gasteiger partial charge in [0.15, 0.2) is 11.5 Å². The SMILES string of the molecule is Cn1ncc(NC(=O)c2nc(-c3ccc(C(F)(F)F)cc3)sc2N)c1N1CCC[C@@H](NC(=O)OCc2ccccc2)CC1. The fourth-order valence-corrected chi connectivity index (χ4v) is 5.71. The highest BCUT2D eigenvalue weighted by molar-refractivity contribution is 7.19. The minimum Gasteiger partial charge on any atom is -0.445 e. The number of alkyl carbamates (subject to hydrolysis) is 1. The van der Waals surface area contributed by atoms with Crippen LogP contribution in [0.5, 0.6) is 0 Å². The molecule has 0 aliphatic carbocycles. The van der Waals surface area contributed by atoms with E-state index < -0.39 is 23.7 Å². The fraction of sp³-hybridized carbons (Fsp3) is 0.310. The van der Waals surface area contributed by atoms with E-state index in [1.165, 1.54) is 18.3 Å². The number of aromatic nitrogens is 3. The Morgan fingerprint density at radius 3 is 2.56 bits per heavy atom. The monoisotopic (exact) mass is 613 g/mol. The number of hydrogen-bond donors (Lipinski definition) is 3. The van der Waals surface area contributed by atoms with E-state index in [-0.39, 0.29) is 23.3 Å². The zero-order valence-electron chi connectivity index (χ0n) is 23.2. The van der Waals surface area contributed by atoms with Crippen molar-refractivity contribution in [2.24, 2.45) is 7.05 Å². The number of nitrogens with two attached hydrogens (primary N) is 1. The number of anilines is 3. The van der Waals surface area contributed by atoms with Crippen molar-refractivity contribution in [3.05, 3.63) is 77.6 Å². The maximum absolute atomic E-state index is 13.2. The molecule has 0 radical (unpaired) electrons. The van der Waals surface area contributed by atoms with Crippen LogP contribution in [0.3, 0.4) is 0 Å². The van der Waals surface area contributed by atoms with Crippen LogP contribution < -0.4 is 21.3 Å². The number of rotatable bonds is 7. The lowest BCUT2D eigenvalue weighted by atomic mass is 10.1. The van der Waals surface area contributed by atoms with Gasteiger partial charge in [0, 0.05) is 31.7 Å². The summed E-state index contributed by atoms with van der Waals surface area (Å²) in [6.07, 6.45) is -1.17. The van der Waals surface area contributed by atoms with Crippen LogP contribution in [-0.2, 0) is 24.6 Å². The van der Waals surface area contributed by atoms with Crippen LogP contribution in [0.15, 0.2) is 60.8 Å². The van der Waals surface area contributed by atoms with Crippen LogP contribution in [0.4, 0.5) is 34.5 Å². The number of alkyl halides is 3. The minimum atomic E-state index is -4.45. The van der Waals surface area contributed by atoms with Gasteiger partial charge in [0.25, 0.3) is 5.91 Å². The fourth-order valence-electron chi connectivity index (χ4n) is 4.88. The molecule has 1 atom stereocenters. The summed E-state index contributed by atoms with van der Waals surface area (Å²) >= 11 is 1.02.